The quantitative estimate of drug-likeness (QED) is 0.879. The van der Waals surface area contributed by atoms with Gasteiger partial charge in [0.1, 0.15) is 11.9 Å². The van der Waals surface area contributed by atoms with Crippen LogP contribution in [0.5, 0.6) is 0 Å². The maximum atomic E-state index is 13.8. The molecule has 0 unspecified atom stereocenters. The van der Waals surface area contributed by atoms with Crippen molar-refractivity contribution in [3.8, 4) is 0 Å². The molecular weight excluding hydrogens is 321 g/mol. The van der Waals surface area contributed by atoms with Crippen molar-refractivity contribution >= 4 is 23.4 Å². The molecule has 2 saturated heterocycles. The molecule has 23 heavy (non-hydrogen) atoms. The molecule has 2 heterocycles. The van der Waals surface area contributed by atoms with Crippen LogP contribution in [0.3, 0.4) is 0 Å². The molecule has 0 radical (unpaired) electrons. The first kappa shape index (κ1) is 16.2. The van der Waals surface area contributed by atoms with Gasteiger partial charge in [-0.1, -0.05) is 17.7 Å². The van der Waals surface area contributed by atoms with Crippen LogP contribution >= 0.6 is 11.6 Å². The van der Waals surface area contributed by atoms with Crippen molar-refractivity contribution in [3.05, 3.63) is 34.6 Å². The smallest absolute Gasteiger partial charge is 0.242 e. The number of carbonyl (C=O) groups excluding carboxylic acids is 2. The normalized spacial score (nSPS) is 28.0. The Morgan fingerprint density at radius 1 is 1.43 bits per heavy atom. The summed E-state index contributed by atoms with van der Waals surface area (Å²) in [4.78, 5) is 25.6. The van der Waals surface area contributed by atoms with Crippen LogP contribution in [0.15, 0.2) is 18.2 Å². The Labute approximate surface area is 139 Å². The Bertz CT molecular complexity index is 640. The molecule has 3 rings (SSSR count). The van der Waals surface area contributed by atoms with E-state index >= 15 is 0 Å². The maximum absolute atomic E-state index is 13.8. The van der Waals surface area contributed by atoms with Gasteiger partial charge in [-0.2, -0.15) is 0 Å². The van der Waals surface area contributed by atoms with E-state index < -0.39 is 11.9 Å². The number of hydrogen-bond acceptors (Lipinski definition) is 3. The fraction of sp³-hybridized carbons (Fsp3) is 0.500. The Morgan fingerprint density at radius 2 is 2.22 bits per heavy atom. The van der Waals surface area contributed by atoms with Crippen LogP contribution in [0.25, 0.3) is 0 Å². The average molecular weight is 340 g/mol. The summed E-state index contributed by atoms with van der Waals surface area (Å²) in [5, 5.41) is 5.76. The Morgan fingerprint density at radius 3 is 2.87 bits per heavy atom. The summed E-state index contributed by atoms with van der Waals surface area (Å²) in [5.41, 5.74) is 0.785. The number of likely N-dealkylation sites (N-methyl/N-ethyl adjacent to an activating group) is 1. The van der Waals surface area contributed by atoms with Crippen LogP contribution in [0, 0.1) is 5.82 Å². The van der Waals surface area contributed by atoms with Crippen molar-refractivity contribution in [1.29, 1.82) is 0 Å². The minimum Gasteiger partial charge on any atom is -0.350 e. The predicted octanol–water partition coefficient (Wildman–Crippen LogP) is 1.62. The van der Waals surface area contributed by atoms with Crippen molar-refractivity contribution < 1.29 is 14.0 Å². The molecule has 2 fully saturated rings. The summed E-state index contributed by atoms with van der Waals surface area (Å²) < 4.78 is 13.8. The van der Waals surface area contributed by atoms with Gasteiger partial charge in [0.25, 0.3) is 0 Å². The van der Waals surface area contributed by atoms with E-state index in [0.29, 0.717) is 12.8 Å². The van der Waals surface area contributed by atoms with Gasteiger partial charge < -0.3 is 10.6 Å². The standard InChI is InChI=1S/C16H19ClFN3O2/c1-21-7-6-12(20-16(23)13-4-5-14(22)19-13)15(21)9-2-3-10(17)11(18)8-9/h2-3,8,12-13,15H,4-7H2,1H3,(H,19,22)(H,20,23)/t12-,13+,15+/m0/s1. The highest BCUT2D eigenvalue weighted by atomic mass is 35.5. The molecule has 0 bridgehead atoms. The van der Waals surface area contributed by atoms with E-state index in [4.69, 9.17) is 11.6 Å². The molecule has 2 aliphatic rings. The highest BCUT2D eigenvalue weighted by molar-refractivity contribution is 6.30. The highest BCUT2D eigenvalue weighted by Crippen LogP contribution is 2.32. The largest absolute Gasteiger partial charge is 0.350 e. The Hall–Kier alpha value is -1.66. The first-order valence-corrected chi connectivity index (χ1v) is 8.08. The second-order valence-corrected chi connectivity index (χ2v) is 6.57. The third kappa shape index (κ3) is 3.33. The number of likely N-dealkylation sites (tertiary alicyclic amines) is 1. The van der Waals surface area contributed by atoms with E-state index in [0.717, 1.165) is 18.5 Å². The number of carbonyl (C=O) groups is 2. The minimum atomic E-state index is -0.462. The third-order valence-corrected chi connectivity index (χ3v) is 4.88. The molecule has 2 N–H and O–H groups in total. The lowest BCUT2D eigenvalue weighted by Crippen LogP contribution is -2.47. The summed E-state index contributed by atoms with van der Waals surface area (Å²) in [6.45, 7) is 0.802. The molecule has 1 aromatic carbocycles. The van der Waals surface area contributed by atoms with Gasteiger partial charge in [0, 0.05) is 19.0 Å². The van der Waals surface area contributed by atoms with Crippen molar-refractivity contribution in [2.45, 2.75) is 37.4 Å². The van der Waals surface area contributed by atoms with Crippen LogP contribution in [-0.2, 0) is 9.59 Å². The van der Waals surface area contributed by atoms with E-state index in [1.54, 1.807) is 6.07 Å². The topological polar surface area (TPSA) is 61.4 Å². The molecule has 2 aliphatic heterocycles. The molecule has 3 atom stereocenters. The summed E-state index contributed by atoms with van der Waals surface area (Å²) in [7, 11) is 1.95. The van der Waals surface area contributed by atoms with Gasteiger partial charge in [-0.15, -0.1) is 0 Å². The first-order valence-electron chi connectivity index (χ1n) is 7.70. The first-order chi connectivity index (χ1) is 11.0. The van der Waals surface area contributed by atoms with E-state index in [2.05, 4.69) is 15.5 Å². The fourth-order valence-electron chi connectivity index (χ4n) is 3.38. The van der Waals surface area contributed by atoms with Gasteiger partial charge in [0.15, 0.2) is 0 Å². The number of hydrogen-bond donors (Lipinski definition) is 2. The summed E-state index contributed by atoms with van der Waals surface area (Å²) in [6, 6.07) is 4.05. The number of benzene rings is 1. The van der Waals surface area contributed by atoms with Crippen molar-refractivity contribution in [1.82, 2.24) is 15.5 Å². The van der Waals surface area contributed by atoms with Gasteiger partial charge >= 0.3 is 0 Å². The maximum Gasteiger partial charge on any atom is 0.242 e. The van der Waals surface area contributed by atoms with Gasteiger partial charge in [0.2, 0.25) is 11.8 Å². The number of amides is 2. The van der Waals surface area contributed by atoms with Crippen LogP contribution in [-0.4, -0.2) is 42.4 Å². The molecule has 2 amide bonds. The summed E-state index contributed by atoms with van der Waals surface area (Å²) in [6.07, 6.45) is 1.68. The van der Waals surface area contributed by atoms with Crippen LogP contribution in [0.2, 0.25) is 5.02 Å². The lowest BCUT2D eigenvalue weighted by atomic mass is 9.99. The third-order valence-electron chi connectivity index (χ3n) is 4.57. The zero-order valence-corrected chi connectivity index (χ0v) is 13.6. The summed E-state index contributed by atoms with van der Waals surface area (Å²) >= 11 is 5.75. The van der Waals surface area contributed by atoms with Crippen LogP contribution < -0.4 is 10.6 Å². The Balaban J connectivity index is 1.74. The van der Waals surface area contributed by atoms with Crippen molar-refractivity contribution in [2.75, 3.05) is 13.6 Å². The number of nitrogens with zero attached hydrogens (tertiary/aromatic N) is 1. The monoisotopic (exact) mass is 339 g/mol. The lowest BCUT2D eigenvalue weighted by Gasteiger charge is -2.27. The summed E-state index contributed by atoms with van der Waals surface area (Å²) in [5.74, 6) is -0.724. The van der Waals surface area contributed by atoms with E-state index in [1.807, 2.05) is 7.05 Å². The molecule has 0 aliphatic carbocycles. The fourth-order valence-corrected chi connectivity index (χ4v) is 3.49. The van der Waals surface area contributed by atoms with Crippen molar-refractivity contribution in [3.63, 3.8) is 0 Å². The highest BCUT2D eigenvalue weighted by Gasteiger charge is 2.36. The van der Waals surface area contributed by atoms with Gasteiger partial charge in [0.05, 0.1) is 11.1 Å². The van der Waals surface area contributed by atoms with Gasteiger partial charge in [-0.25, -0.2) is 4.39 Å². The second-order valence-electron chi connectivity index (χ2n) is 6.16. The molecule has 7 heteroatoms. The van der Waals surface area contributed by atoms with Crippen LogP contribution in [0.4, 0.5) is 4.39 Å². The van der Waals surface area contributed by atoms with Crippen LogP contribution in [0.1, 0.15) is 30.9 Å². The van der Waals surface area contributed by atoms with Crippen molar-refractivity contribution in [2.24, 2.45) is 0 Å². The number of nitrogens with one attached hydrogen (secondary N) is 2. The van der Waals surface area contributed by atoms with E-state index in [-0.39, 0.29) is 28.9 Å². The molecular formula is C16H19ClFN3O2. The molecule has 0 spiro atoms. The van der Waals surface area contributed by atoms with E-state index in [1.165, 1.54) is 12.1 Å². The average Bonchev–Trinajstić information content (AvgIpc) is 3.09. The molecule has 1 aromatic rings. The molecule has 124 valence electrons. The molecule has 0 aromatic heterocycles. The zero-order chi connectivity index (χ0) is 16.6. The predicted molar refractivity (Wildman–Crippen MR) is 84.5 cm³/mol. The van der Waals surface area contributed by atoms with Gasteiger partial charge in [-0.05, 0) is 37.6 Å². The minimum absolute atomic E-state index is 0.0867. The van der Waals surface area contributed by atoms with E-state index in [9.17, 15) is 14.0 Å². The second kappa shape index (κ2) is 6.45. The molecule has 5 nitrogen and oxygen atoms in total. The zero-order valence-electron chi connectivity index (χ0n) is 12.8. The molecule has 0 saturated carbocycles. The number of rotatable bonds is 3. The SMILES string of the molecule is CN1CC[C@H](NC(=O)[C@H]2CCC(=O)N2)[C@H]1c1ccc(Cl)c(F)c1. The lowest BCUT2D eigenvalue weighted by molar-refractivity contribution is -0.126. The number of halogens is 2. The van der Waals surface area contributed by atoms with Gasteiger partial charge in [-0.3, -0.25) is 14.5 Å². The Kier molecular flexibility index (Phi) is 4.55.